The van der Waals surface area contributed by atoms with E-state index in [2.05, 4.69) is 27.8 Å². The van der Waals surface area contributed by atoms with Crippen molar-refractivity contribution in [1.29, 1.82) is 0 Å². The van der Waals surface area contributed by atoms with Gasteiger partial charge in [0.25, 0.3) is 0 Å². The lowest BCUT2D eigenvalue weighted by Gasteiger charge is -2.34. The number of benzene rings is 1. The molecule has 0 radical (unpaired) electrons. The SMILES string of the molecule is CC1CCN(CCOc2ccc(Cl)cc2Br)CC1N. The van der Waals surface area contributed by atoms with E-state index in [9.17, 15) is 0 Å². The van der Waals surface area contributed by atoms with Gasteiger partial charge in [-0.1, -0.05) is 18.5 Å². The normalized spacial score (nSPS) is 24.4. The van der Waals surface area contributed by atoms with Crippen molar-refractivity contribution in [3.05, 3.63) is 27.7 Å². The highest BCUT2D eigenvalue weighted by atomic mass is 79.9. The first-order valence-electron chi connectivity index (χ1n) is 6.62. The predicted molar refractivity (Wildman–Crippen MR) is 82.8 cm³/mol. The molecule has 19 heavy (non-hydrogen) atoms. The van der Waals surface area contributed by atoms with Crippen LogP contribution in [0.2, 0.25) is 5.02 Å². The van der Waals surface area contributed by atoms with Crippen molar-refractivity contribution < 1.29 is 4.74 Å². The van der Waals surface area contributed by atoms with Gasteiger partial charge in [0.05, 0.1) is 4.47 Å². The van der Waals surface area contributed by atoms with Crippen LogP contribution in [-0.4, -0.2) is 37.2 Å². The number of nitrogens with zero attached hydrogens (tertiary/aromatic N) is 1. The summed E-state index contributed by atoms with van der Waals surface area (Å²) >= 11 is 9.34. The number of ether oxygens (including phenoxy) is 1. The number of hydrogen-bond donors (Lipinski definition) is 1. The quantitative estimate of drug-likeness (QED) is 0.909. The second-order valence-corrected chi connectivity index (χ2v) is 6.44. The summed E-state index contributed by atoms with van der Waals surface area (Å²) in [5, 5.41) is 0.704. The molecule has 0 saturated carbocycles. The number of halogens is 2. The first kappa shape index (κ1) is 15.1. The monoisotopic (exact) mass is 346 g/mol. The molecule has 0 amide bonds. The highest BCUT2D eigenvalue weighted by molar-refractivity contribution is 9.10. The van der Waals surface area contributed by atoms with Gasteiger partial charge in [-0.2, -0.15) is 0 Å². The van der Waals surface area contributed by atoms with E-state index in [0.717, 1.165) is 29.9 Å². The van der Waals surface area contributed by atoms with Crippen molar-refractivity contribution in [2.75, 3.05) is 26.2 Å². The molecule has 1 saturated heterocycles. The van der Waals surface area contributed by atoms with E-state index in [1.54, 1.807) is 0 Å². The zero-order chi connectivity index (χ0) is 13.8. The Morgan fingerprint density at radius 3 is 3.00 bits per heavy atom. The van der Waals surface area contributed by atoms with Crippen LogP contribution in [0.5, 0.6) is 5.75 Å². The second-order valence-electron chi connectivity index (χ2n) is 5.15. The summed E-state index contributed by atoms with van der Waals surface area (Å²) in [4.78, 5) is 2.37. The van der Waals surface area contributed by atoms with Crippen LogP contribution < -0.4 is 10.5 Å². The number of nitrogens with two attached hydrogens (primary N) is 1. The molecule has 1 heterocycles. The third-order valence-corrected chi connectivity index (χ3v) is 4.51. The summed E-state index contributed by atoms with van der Waals surface area (Å²) < 4.78 is 6.66. The molecule has 1 aromatic carbocycles. The zero-order valence-electron chi connectivity index (χ0n) is 11.1. The fourth-order valence-electron chi connectivity index (χ4n) is 2.25. The van der Waals surface area contributed by atoms with Gasteiger partial charge in [0, 0.05) is 24.2 Å². The summed E-state index contributed by atoms with van der Waals surface area (Å²) in [6.45, 7) is 5.88. The predicted octanol–water partition coefficient (Wildman–Crippen LogP) is 3.15. The highest BCUT2D eigenvalue weighted by Gasteiger charge is 2.22. The maximum atomic E-state index is 6.09. The molecule has 2 atom stereocenters. The van der Waals surface area contributed by atoms with Gasteiger partial charge in [-0.05, 0) is 53.0 Å². The van der Waals surface area contributed by atoms with Crippen molar-refractivity contribution in [1.82, 2.24) is 4.90 Å². The zero-order valence-corrected chi connectivity index (χ0v) is 13.5. The van der Waals surface area contributed by atoms with Gasteiger partial charge in [-0.3, -0.25) is 4.90 Å². The summed E-state index contributed by atoms with van der Waals surface area (Å²) in [6, 6.07) is 5.85. The van der Waals surface area contributed by atoms with Gasteiger partial charge in [0.15, 0.2) is 0 Å². The molecule has 2 rings (SSSR count). The highest BCUT2D eigenvalue weighted by Crippen LogP contribution is 2.28. The number of likely N-dealkylation sites (tertiary alicyclic amines) is 1. The summed E-state index contributed by atoms with van der Waals surface area (Å²) in [5.74, 6) is 1.46. The van der Waals surface area contributed by atoms with Gasteiger partial charge in [0.2, 0.25) is 0 Å². The first-order valence-corrected chi connectivity index (χ1v) is 7.79. The Morgan fingerprint density at radius 2 is 2.32 bits per heavy atom. The van der Waals surface area contributed by atoms with E-state index in [1.165, 1.54) is 6.42 Å². The number of piperidine rings is 1. The fraction of sp³-hybridized carbons (Fsp3) is 0.571. The lowest BCUT2D eigenvalue weighted by atomic mass is 9.94. The standard InChI is InChI=1S/C14H20BrClN2O/c1-10-4-5-18(9-13(10)17)6-7-19-14-3-2-11(16)8-12(14)15/h2-3,8,10,13H,4-7,9,17H2,1H3. The van der Waals surface area contributed by atoms with Crippen LogP contribution in [0.4, 0.5) is 0 Å². The summed E-state index contributed by atoms with van der Waals surface area (Å²) in [6.07, 6.45) is 1.17. The van der Waals surface area contributed by atoms with E-state index in [0.29, 0.717) is 17.5 Å². The van der Waals surface area contributed by atoms with E-state index in [4.69, 9.17) is 22.1 Å². The van der Waals surface area contributed by atoms with E-state index >= 15 is 0 Å². The molecule has 0 aromatic heterocycles. The Balaban J connectivity index is 1.77. The Kier molecular flexibility index (Phi) is 5.51. The van der Waals surface area contributed by atoms with Crippen molar-refractivity contribution >= 4 is 27.5 Å². The topological polar surface area (TPSA) is 38.5 Å². The molecule has 3 nitrogen and oxygen atoms in total. The van der Waals surface area contributed by atoms with E-state index < -0.39 is 0 Å². The maximum Gasteiger partial charge on any atom is 0.133 e. The van der Waals surface area contributed by atoms with Crippen molar-refractivity contribution in [3.63, 3.8) is 0 Å². The van der Waals surface area contributed by atoms with Gasteiger partial charge in [0.1, 0.15) is 12.4 Å². The minimum Gasteiger partial charge on any atom is -0.491 e. The molecule has 1 fully saturated rings. The van der Waals surface area contributed by atoms with Gasteiger partial charge in [-0.25, -0.2) is 0 Å². The van der Waals surface area contributed by atoms with Crippen LogP contribution in [0.15, 0.2) is 22.7 Å². The molecular weight excluding hydrogens is 328 g/mol. The lowest BCUT2D eigenvalue weighted by molar-refractivity contribution is 0.143. The smallest absolute Gasteiger partial charge is 0.133 e. The minimum atomic E-state index is 0.288. The van der Waals surface area contributed by atoms with Crippen LogP contribution in [0.3, 0.4) is 0 Å². The second kappa shape index (κ2) is 6.93. The van der Waals surface area contributed by atoms with E-state index in [1.807, 2.05) is 18.2 Å². The van der Waals surface area contributed by atoms with Crippen LogP contribution in [0.25, 0.3) is 0 Å². The van der Waals surface area contributed by atoms with Crippen molar-refractivity contribution in [2.45, 2.75) is 19.4 Å². The Bertz CT molecular complexity index is 430. The molecule has 2 unspecified atom stereocenters. The van der Waals surface area contributed by atoms with Gasteiger partial charge in [-0.15, -0.1) is 0 Å². The molecule has 0 spiro atoms. The molecule has 1 aromatic rings. The van der Waals surface area contributed by atoms with Crippen LogP contribution in [0, 0.1) is 5.92 Å². The van der Waals surface area contributed by atoms with Crippen LogP contribution in [0.1, 0.15) is 13.3 Å². The minimum absolute atomic E-state index is 0.288. The average Bonchev–Trinajstić information content (AvgIpc) is 2.36. The molecule has 0 aliphatic carbocycles. The molecule has 0 bridgehead atoms. The van der Waals surface area contributed by atoms with Gasteiger partial charge < -0.3 is 10.5 Å². The number of rotatable bonds is 4. The first-order chi connectivity index (χ1) is 9.06. The largest absolute Gasteiger partial charge is 0.491 e. The van der Waals surface area contributed by atoms with Crippen molar-refractivity contribution in [2.24, 2.45) is 11.7 Å². The third-order valence-electron chi connectivity index (χ3n) is 3.66. The fourth-order valence-corrected chi connectivity index (χ4v) is 3.05. The molecule has 5 heteroatoms. The summed E-state index contributed by atoms with van der Waals surface area (Å²) in [7, 11) is 0. The van der Waals surface area contributed by atoms with Crippen LogP contribution >= 0.6 is 27.5 Å². The molecule has 1 aliphatic heterocycles. The Labute approximate surface area is 128 Å². The molecule has 2 N–H and O–H groups in total. The van der Waals surface area contributed by atoms with E-state index in [-0.39, 0.29) is 6.04 Å². The maximum absolute atomic E-state index is 6.09. The van der Waals surface area contributed by atoms with Gasteiger partial charge >= 0.3 is 0 Å². The van der Waals surface area contributed by atoms with Crippen molar-refractivity contribution in [3.8, 4) is 5.75 Å². The third kappa shape index (κ3) is 4.35. The lowest BCUT2D eigenvalue weighted by Crippen LogP contribution is -2.48. The Hall–Kier alpha value is -0.290. The summed E-state index contributed by atoms with van der Waals surface area (Å²) in [5.41, 5.74) is 6.09. The average molecular weight is 348 g/mol. The Morgan fingerprint density at radius 1 is 1.53 bits per heavy atom. The molecular formula is C14H20BrClN2O. The van der Waals surface area contributed by atoms with Crippen LogP contribution in [-0.2, 0) is 0 Å². The molecule has 106 valence electrons. The molecule has 1 aliphatic rings. The number of hydrogen-bond acceptors (Lipinski definition) is 3.